The standard InChI is InChI=1S/C14H17F3O3/c1-9(12(18)20-13(2,3)4)10-7-5-6-8-11(10)19-14(15,16)17/h5-9H,1-4H3. The van der Waals surface area contributed by atoms with Crippen molar-refractivity contribution in [2.24, 2.45) is 0 Å². The summed E-state index contributed by atoms with van der Waals surface area (Å²) in [5, 5.41) is 0. The van der Waals surface area contributed by atoms with E-state index in [0.29, 0.717) is 0 Å². The summed E-state index contributed by atoms with van der Waals surface area (Å²) in [5.74, 6) is -1.85. The number of halogens is 3. The lowest BCUT2D eigenvalue weighted by atomic mass is 10.00. The van der Waals surface area contributed by atoms with Gasteiger partial charge in [-0.1, -0.05) is 18.2 Å². The van der Waals surface area contributed by atoms with Gasteiger partial charge in [-0.2, -0.15) is 0 Å². The molecule has 1 rings (SSSR count). The molecule has 1 unspecified atom stereocenters. The molecule has 0 heterocycles. The van der Waals surface area contributed by atoms with Gasteiger partial charge in [0.1, 0.15) is 11.4 Å². The van der Waals surface area contributed by atoms with Crippen LogP contribution >= 0.6 is 0 Å². The van der Waals surface area contributed by atoms with Crippen molar-refractivity contribution < 1.29 is 27.4 Å². The second kappa shape index (κ2) is 5.73. The average molecular weight is 290 g/mol. The highest BCUT2D eigenvalue weighted by Crippen LogP contribution is 2.32. The summed E-state index contributed by atoms with van der Waals surface area (Å²) in [6.07, 6.45) is -4.80. The molecule has 0 amide bonds. The number of para-hydroxylation sites is 1. The number of alkyl halides is 3. The molecule has 1 aromatic rings. The zero-order chi connectivity index (χ0) is 15.6. The predicted molar refractivity (Wildman–Crippen MR) is 67.4 cm³/mol. The van der Waals surface area contributed by atoms with Crippen molar-refractivity contribution in [1.82, 2.24) is 0 Å². The van der Waals surface area contributed by atoms with E-state index in [1.807, 2.05) is 0 Å². The smallest absolute Gasteiger partial charge is 0.460 e. The Labute approximate surface area is 115 Å². The van der Waals surface area contributed by atoms with Gasteiger partial charge in [0.25, 0.3) is 0 Å². The highest BCUT2D eigenvalue weighted by molar-refractivity contribution is 5.79. The van der Waals surface area contributed by atoms with Crippen molar-refractivity contribution in [3.8, 4) is 5.75 Å². The molecule has 0 saturated heterocycles. The van der Waals surface area contributed by atoms with Crippen LogP contribution in [0.3, 0.4) is 0 Å². The number of benzene rings is 1. The Kier molecular flexibility index (Phi) is 4.68. The van der Waals surface area contributed by atoms with Gasteiger partial charge in [0.2, 0.25) is 0 Å². The van der Waals surface area contributed by atoms with E-state index in [1.54, 1.807) is 26.8 Å². The first-order chi connectivity index (χ1) is 8.99. The Balaban J connectivity index is 2.98. The second-order valence-electron chi connectivity index (χ2n) is 5.34. The van der Waals surface area contributed by atoms with Crippen molar-refractivity contribution in [1.29, 1.82) is 0 Å². The van der Waals surface area contributed by atoms with Gasteiger partial charge < -0.3 is 9.47 Å². The lowest BCUT2D eigenvalue weighted by Crippen LogP contribution is -2.27. The molecule has 0 radical (unpaired) electrons. The van der Waals surface area contributed by atoms with E-state index in [9.17, 15) is 18.0 Å². The maximum Gasteiger partial charge on any atom is 0.573 e. The van der Waals surface area contributed by atoms with Crippen molar-refractivity contribution in [3.63, 3.8) is 0 Å². The maximum absolute atomic E-state index is 12.3. The quantitative estimate of drug-likeness (QED) is 0.788. The van der Waals surface area contributed by atoms with Gasteiger partial charge in [-0.15, -0.1) is 13.2 Å². The van der Waals surface area contributed by atoms with Crippen LogP contribution in [0.2, 0.25) is 0 Å². The normalized spacial score (nSPS) is 13.8. The highest BCUT2D eigenvalue weighted by atomic mass is 19.4. The van der Waals surface area contributed by atoms with Crippen LogP contribution in [0.4, 0.5) is 13.2 Å². The summed E-state index contributed by atoms with van der Waals surface area (Å²) >= 11 is 0. The van der Waals surface area contributed by atoms with Crippen LogP contribution in [0.5, 0.6) is 5.75 Å². The van der Waals surface area contributed by atoms with Crippen LogP contribution in [0.25, 0.3) is 0 Å². The topological polar surface area (TPSA) is 35.5 Å². The van der Waals surface area contributed by atoms with Crippen LogP contribution in [-0.4, -0.2) is 17.9 Å². The van der Waals surface area contributed by atoms with Crippen LogP contribution in [0, 0.1) is 0 Å². The summed E-state index contributed by atoms with van der Waals surface area (Å²) in [6, 6.07) is 5.53. The third kappa shape index (κ3) is 5.11. The van der Waals surface area contributed by atoms with E-state index in [1.165, 1.54) is 25.1 Å². The van der Waals surface area contributed by atoms with Crippen LogP contribution in [0.15, 0.2) is 24.3 Å². The van der Waals surface area contributed by atoms with Gasteiger partial charge in [0.15, 0.2) is 0 Å². The Morgan fingerprint density at radius 3 is 2.20 bits per heavy atom. The minimum Gasteiger partial charge on any atom is -0.460 e. The number of hydrogen-bond donors (Lipinski definition) is 0. The van der Waals surface area contributed by atoms with E-state index >= 15 is 0 Å². The first-order valence-electron chi connectivity index (χ1n) is 6.07. The monoisotopic (exact) mass is 290 g/mol. The molecule has 0 aliphatic rings. The van der Waals surface area contributed by atoms with Crippen molar-refractivity contribution in [3.05, 3.63) is 29.8 Å². The number of carbonyl (C=O) groups excluding carboxylic acids is 1. The Hall–Kier alpha value is -1.72. The first kappa shape index (κ1) is 16.3. The molecule has 6 heteroatoms. The SMILES string of the molecule is CC(C(=O)OC(C)(C)C)c1ccccc1OC(F)(F)F. The van der Waals surface area contributed by atoms with Gasteiger partial charge in [-0.05, 0) is 33.8 Å². The van der Waals surface area contributed by atoms with Crippen molar-refractivity contribution in [2.75, 3.05) is 0 Å². The third-order valence-electron chi connectivity index (χ3n) is 2.37. The molecular weight excluding hydrogens is 273 g/mol. The summed E-state index contributed by atoms with van der Waals surface area (Å²) < 4.78 is 46.0. The minimum atomic E-state index is -4.80. The van der Waals surface area contributed by atoms with E-state index in [4.69, 9.17) is 4.74 Å². The molecule has 0 saturated carbocycles. The molecule has 0 aromatic heterocycles. The van der Waals surface area contributed by atoms with Crippen LogP contribution < -0.4 is 4.74 Å². The third-order valence-corrected chi connectivity index (χ3v) is 2.37. The summed E-state index contributed by atoms with van der Waals surface area (Å²) in [7, 11) is 0. The molecule has 0 spiro atoms. The number of carbonyl (C=O) groups is 1. The average Bonchev–Trinajstić information content (AvgIpc) is 2.24. The fraction of sp³-hybridized carbons (Fsp3) is 0.500. The summed E-state index contributed by atoms with van der Waals surface area (Å²) in [6.45, 7) is 6.55. The van der Waals surface area contributed by atoms with Crippen molar-refractivity contribution >= 4 is 5.97 Å². The maximum atomic E-state index is 12.3. The van der Waals surface area contributed by atoms with Crippen LogP contribution in [0.1, 0.15) is 39.2 Å². The fourth-order valence-electron chi connectivity index (χ4n) is 1.57. The molecule has 1 atom stereocenters. The fourth-order valence-corrected chi connectivity index (χ4v) is 1.57. The second-order valence-corrected chi connectivity index (χ2v) is 5.34. The van der Waals surface area contributed by atoms with E-state index in [-0.39, 0.29) is 5.56 Å². The first-order valence-corrected chi connectivity index (χ1v) is 6.07. The van der Waals surface area contributed by atoms with Gasteiger partial charge >= 0.3 is 12.3 Å². The molecule has 0 bridgehead atoms. The molecule has 112 valence electrons. The Morgan fingerprint density at radius 1 is 1.15 bits per heavy atom. The zero-order valence-corrected chi connectivity index (χ0v) is 11.7. The Morgan fingerprint density at radius 2 is 1.70 bits per heavy atom. The molecule has 3 nitrogen and oxygen atoms in total. The molecule has 0 aliphatic carbocycles. The largest absolute Gasteiger partial charge is 0.573 e. The van der Waals surface area contributed by atoms with Gasteiger partial charge in [-0.3, -0.25) is 4.79 Å². The molecule has 20 heavy (non-hydrogen) atoms. The van der Waals surface area contributed by atoms with E-state index in [0.717, 1.165) is 0 Å². The highest BCUT2D eigenvalue weighted by Gasteiger charge is 2.34. The molecule has 0 N–H and O–H groups in total. The van der Waals surface area contributed by atoms with E-state index < -0.39 is 29.6 Å². The molecule has 0 fully saturated rings. The number of ether oxygens (including phenoxy) is 2. The summed E-state index contributed by atoms with van der Waals surface area (Å²) in [4.78, 5) is 11.9. The molecular formula is C14H17F3O3. The predicted octanol–water partition coefficient (Wildman–Crippen LogP) is 4.03. The number of hydrogen-bond acceptors (Lipinski definition) is 3. The zero-order valence-electron chi connectivity index (χ0n) is 11.7. The van der Waals surface area contributed by atoms with Gasteiger partial charge in [-0.25, -0.2) is 0 Å². The Bertz CT molecular complexity index is 475. The van der Waals surface area contributed by atoms with E-state index in [2.05, 4.69) is 4.74 Å². The van der Waals surface area contributed by atoms with Crippen LogP contribution in [-0.2, 0) is 9.53 Å². The minimum absolute atomic E-state index is 0.138. The van der Waals surface area contributed by atoms with Crippen molar-refractivity contribution in [2.45, 2.75) is 45.6 Å². The molecule has 0 aliphatic heterocycles. The van der Waals surface area contributed by atoms with Gasteiger partial charge in [0, 0.05) is 5.56 Å². The summed E-state index contributed by atoms with van der Waals surface area (Å²) in [5.41, 5.74) is -0.565. The molecule has 1 aromatic carbocycles. The van der Waals surface area contributed by atoms with Gasteiger partial charge in [0.05, 0.1) is 5.92 Å². The number of esters is 1. The lowest BCUT2D eigenvalue weighted by Gasteiger charge is -2.23. The number of rotatable bonds is 3. The lowest BCUT2D eigenvalue weighted by molar-refractivity contribution is -0.275.